The minimum absolute atomic E-state index is 0.0429. The maximum atomic E-state index is 13.9. The lowest BCUT2D eigenvalue weighted by Gasteiger charge is -2.25. The van der Waals surface area contributed by atoms with E-state index in [2.05, 4.69) is 4.90 Å². The summed E-state index contributed by atoms with van der Waals surface area (Å²) in [4.78, 5) is 3.20. The van der Waals surface area contributed by atoms with Crippen LogP contribution >= 0.6 is 11.8 Å². The number of rotatable bonds is 6. The molecule has 0 spiro atoms. The number of ether oxygens (including phenoxy) is 3. The average Bonchev–Trinajstić information content (AvgIpc) is 3.00. The summed E-state index contributed by atoms with van der Waals surface area (Å²) in [5.41, 5.74) is 2.65. The molecule has 174 valence electrons. The first-order chi connectivity index (χ1) is 15.9. The maximum Gasteiger partial charge on any atom is 0.200 e. The number of methoxy groups -OCH3 is 3. The second-order valence-electron chi connectivity index (χ2n) is 7.67. The molecular weight excluding hydrogens is 448 g/mol. The van der Waals surface area contributed by atoms with Gasteiger partial charge in [0.05, 0.1) is 27.0 Å². The van der Waals surface area contributed by atoms with Gasteiger partial charge in [0.25, 0.3) is 0 Å². The van der Waals surface area contributed by atoms with Gasteiger partial charge in [-0.1, -0.05) is 6.07 Å². The lowest BCUT2D eigenvalue weighted by Crippen LogP contribution is -2.24. The second-order valence-corrected chi connectivity index (χ2v) is 8.92. The Hall–Kier alpha value is -3.13. The number of hydrogen-bond donors (Lipinski definition) is 1. The van der Waals surface area contributed by atoms with Crippen molar-refractivity contribution >= 4 is 17.4 Å². The predicted octanol–water partition coefficient (Wildman–Crippen LogP) is 5.94. The van der Waals surface area contributed by atoms with Crippen LogP contribution < -0.4 is 19.1 Å². The van der Waals surface area contributed by atoms with Crippen LogP contribution in [0.25, 0.3) is 0 Å². The highest BCUT2D eigenvalue weighted by molar-refractivity contribution is 7.99. The first-order valence-electron chi connectivity index (χ1n) is 10.4. The molecule has 33 heavy (non-hydrogen) atoms. The molecule has 0 fully saturated rings. The van der Waals surface area contributed by atoms with Crippen molar-refractivity contribution in [3.8, 4) is 23.0 Å². The van der Waals surface area contributed by atoms with Crippen molar-refractivity contribution in [2.45, 2.75) is 23.1 Å². The van der Waals surface area contributed by atoms with Gasteiger partial charge in [-0.2, -0.15) is 0 Å². The molecule has 0 bridgehead atoms. The zero-order valence-electron chi connectivity index (χ0n) is 18.6. The number of benzene rings is 3. The molecule has 0 amide bonds. The molecule has 0 radical (unpaired) electrons. The van der Waals surface area contributed by atoms with Crippen LogP contribution in [0, 0.1) is 11.6 Å². The summed E-state index contributed by atoms with van der Waals surface area (Å²) in [6, 6.07) is 13.5. The number of fused-ring (bicyclic) bond motifs is 1. The van der Waals surface area contributed by atoms with Gasteiger partial charge in [-0.25, -0.2) is 8.78 Å². The molecule has 0 aromatic heterocycles. The van der Waals surface area contributed by atoms with E-state index in [1.165, 1.54) is 26.4 Å². The number of phenols is 1. The predicted molar refractivity (Wildman–Crippen MR) is 125 cm³/mol. The van der Waals surface area contributed by atoms with Crippen LogP contribution in [-0.2, 0) is 6.54 Å². The number of hydrogen-bond acceptors (Lipinski definition) is 6. The smallest absolute Gasteiger partial charge is 0.200 e. The van der Waals surface area contributed by atoms with Gasteiger partial charge in [0.15, 0.2) is 23.1 Å². The number of aromatic hydroxyl groups is 1. The third kappa shape index (κ3) is 4.80. The summed E-state index contributed by atoms with van der Waals surface area (Å²) >= 11 is 1.61. The standard InChI is InChI=1S/C25H25F2NO4S/c1-30-17-5-7-20-24(13-17)33-23(16-4-6-18(26)19(27)12-16)8-9-28(20)14-15-10-21(31-2)25(29)22(11-15)32-3/h4-7,10-13,23,29H,8-9,14H2,1-3H3/t23-/m0/s1. The first-order valence-corrected chi connectivity index (χ1v) is 11.3. The maximum absolute atomic E-state index is 13.9. The van der Waals surface area contributed by atoms with E-state index in [9.17, 15) is 13.9 Å². The molecule has 0 unspecified atom stereocenters. The molecule has 1 heterocycles. The number of halogens is 2. The van der Waals surface area contributed by atoms with Gasteiger partial charge in [-0.05, 0) is 60.0 Å². The molecule has 8 heteroatoms. The summed E-state index contributed by atoms with van der Waals surface area (Å²) in [5, 5.41) is 10.2. The number of thioether (sulfide) groups is 1. The van der Waals surface area contributed by atoms with Gasteiger partial charge >= 0.3 is 0 Å². The van der Waals surface area contributed by atoms with Gasteiger partial charge in [0.1, 0.15) is 5.75 Å². The SMILES string of the molecule is COc1ccc2c(c1)S[C@H](c1ccc(F)c(F)c1)CCN2Cc1cc(OC)c(O)c(OC)c1. The van der Waals surface area contributed by atoms with Crippen molar-refractivity contribution in [2.75, 3.05) is 32.8 Å². The van der Waals surface area contributed by atoms with Gasteiger partial charge < -0.3 is 24.2 Å². The summed E-state index contributed by atoms with van der Waals surface area (Å²) in [5.74, 6) is -0.343. The molecule has 0 saturated heterocycles. The van der Waals surface area contributed by atoms with Crippen molar-refractivity contribution in [1.29, 1.82) is 0 Å². The Morgan fingerprint density at radius 3 is 2.30 bits per heavy atom. The van der Waals surface area contributed by atoms with Crippen LogP contribution in [0.2, 0.25) is 0 Å². The van der Waals surface area contributed by atoms with Crippen molar-refractivity contribution < 1.29 is 28.1 Å². The minimum atomic E-state index is -0.851. The molecule has 1 aliphatic rings. The summed E-state index contributed by atoms with van der Waals surface area (Å²) in [6.07, 6.45) is 0.721. The van der Waals surface area contributed by atoms with E-state index in [-0.39, 0.29) is 11.0 Å². The summed E-state index contributed by atoms with van der Waals surface area (Å²) < 4.78 is 43.5. The van der Waals surface area contributed by atoms with E-state index in [0.717, 1.165) is 33.9 Å². The molecule has 0 aliphatic carbocycles. The monoisotopic (exact) mass is 473 g/mol. The quantitative estimate of drug-likeness (QED) is 0.478. The molecule has 4 rings (SSSR count). The molecule has 1 aliphatic heterocycles. The van der Waals surface area contributed by atoms with E-state index < -0.39 is 11.6 Å². The lowest BCUT2D eigenvalue weighted by molar-refractivity contribution is 0.339. The second kappa shape index (κ2) is 9.79. The van der Waals surface area contributed by atoms with Crippen LogP contribution in [0.1, 0.15) is 22.8 Å². The highest BCUT2D eigenvalue weighted by atomic mass is 32.2. The Bertz CT molecular complexity index is 1130. The van der Waals surface area contributed by atoms with Crippen LogP contribution in [0.3, 0.4) is 0 Å². The Balaban J connectivity index is 1.70. The molecule has 0 saturated carbocycles. The van der Waals surface area contributed by atoms with E-state index >= 15 is 0 Å². The number of phenolic OH excluding ortho intramolecular Hbond substituents is 1. The van der Waals surface area contributed by atoms with Gasteiger partial charge in [-0.15, -0.1) is 11.8 Å². The third-order valence-corrected chi connectivity index (χ3v) is 7.04. The molecule has 1 N–H and O–H groups in total. The van der Waals surface area contributed by atoms with Crippen LogP contribution in [-0.4, -0.2) is 33.0 Å². The highest BCUT2D eigenvalue weighted by Crippen LogP contribution is 2.47. The molecular formula is C25H25F2NO4S. The fourth-order valence-corrected chi connectivity index (χ4v) is 5.27. The summed E-state index contributed by atoms with van der Waals surface area (Å²) in [7, 11) is 4.60. The highest BCUT2D eigenvalue weighted by Gasteiger charge is 2.25. The molecule has 1 atom stereocenters. The fraction of sp³-hybridized carbons (Fsp3) is 0.280. The molecule has 3 aromatic rings. The average molecular weight is 474 g/mol. The largest absolute Gasteiger partial charge is 0.502 e. The Morgan fingerprint density at radius 1 is 0.939 bits per heavy atom. The van der Waals surface area contributed by atoms with Gasteiger partial charge in [0.2, 0.25) is 5.75 Å². The Kier molecular flexibility index (Phi) is 6.83. The van der Waals surface area contributed by atoms with Crippen LogP contribution in [0.5, 0.6) is 23.0 Å². The van der Waals surface area contributed by atoms with Crippen molar-refractivity contribution in [2.24, 2.45) is 0 Å². The van der Waals surface area contributed by atoms with E-state index in [1.54, 1.807) is 37.1 Å². The lowest BCUT2D eigenvalue weighted by atomic mass is 10.1. The normalized spacial score (nSPS) is 15.5. The van der Waals surface area contributed by atoms with E-state index in [4.69, 9.17) is 14.2 Å². The zero-order chi connectivity index (χ0) is 23.5. The van der Waals surface area contributed by atoms with E-state index in [0.29, 0.717) is 24.6 Å². The Labute approximate surface area is 195 Å². The van der Waals surface area contributed by atoms with Crippen LogP contribution in [0.4, 0.5) is 14.5 Å². The third-order valence-electron chi connectivity index (χ3n) is 5.67. The number of nitrogens with zero attached hydrogens (tertiary/aromatic N) is 1. The topological polar surface area (TPSA) is 51.2 Å². The van der Waals surface area contributed by atoms with Crippen molar-refractivity contribution in [3.05, 3.63) is 71.3 Å². The minimum Gasteiger partial charge on any atom is -0.502 e. The van der Waals surface area contributed by atoms with Gasteiger partial charge in [-0.3, -0.25) is 0 Å². The summed E-state index contributed by atoms with van der Waals surface area (Å²) in [6.45, 7) is 1.22. The van der Waals surface area contributed by atoms with E-state index in [1.807, 2.05) is 18.2 Å². The first kappa shape index (κ1) is 23.0. The van der Waals surface area contributed by atoms with Gasteiger partial charge in [0, 0.05) is 23.2 Å². The molecule has 5 nitrogen and oxygen atoms in total. The van der Waals surface area contributed by atoms with Crippen LogP contribution in [0.15, 0.2) is 53.4 Å². The van der Waals surface area contributed by atoms with Crippen molar-refractivity contribution in [3.63, 3.8) is 0 Å². The number of anilines is 1. The Morgan fingerprint density at radius 2 is 1.67 bits per heavy atom. The zero-order valence-corrected chi connectivity index (χ0v) is 19.4. The van der Waals surface area contributed by atoms with Crippen molar-refractivity contribution in [1.82, 2.24) is 0 Å². The molecule has 3 aromatic carbocycles. The fourth-order valence-electron chi connectivity index (χ4n) is 3.95.